The molecule has 0 N–H and O–H groups in total. The van der Waals surface area contributed by atoms with E-state index < -0.39 is 5.54 Å². The fourth-order valence-corrected chi connectivity index (χ4v) is 7.14. The fraction of sp³-hybridized carbons (Fsp3) is 0.159. The van der Waals surface area contributed by atoms with Crippen molar-refractivity contribution in [2.24, 2.45) is 5.92 Å². The summed E-state index contributed by atoms with van der Waals surface area (Å²) in [5, 5.41) is 15.3. The van der Waals surface area contributed by atoms with Crippen LogP contribution in [-0.2, 0) is 18.6 Å². The molecule has 8 heteroatoms. The molecule has 8 rings (SSSR count). The molecule has 256 valence electrons. The first-order valence-corrected chi connectivity index (χ1v) is 17.7. The van der Waals surface area contributed by atoms with E-state index in [-0.39, 0.29) is 5.56 Å². The van der Waals surface area contributed by atoms with Crippen LogP contribution in [0.2, 0.25) is 0 Å². The van der Waals surface area contributed by atoms with Crippen LogP contribution in [0.25, 0.3) is 33.5 Å². The van der Waals surface area contributed by atoms with Gasteiger partial charge in [-0.05, 0) is 63.1 Å². The van der Waals surface area contributed by atoms with E-state index in [4.69, 9.17) is 15.4 Å². The minimum absolute atomic E-state index is 0.00524. The van der Waals surface area contributed by atoms with Crippen molar-refractivity contribution in [1.29, 1.82) is 0 Å². The summed E-state index contributed by atoms with van der Waals surface area (Å²) in [5.41, 5.74) is 6.92. The SMILES string of the molecule is CC(C)CCn1c(=O)c2cccnc2n1Cc1ccc(-c2ccccc2-c2nnn(C(c3ccccc3)(c3ccccc3)c3ccccc3)n2)cc1. The third-order valence-electron chi connectivity index (χ3n) is 9.76. The number of hydrogen-bond acceptors (Lipinski definition) is 5. The van der Waals surface area contributed by atoms with E-state index in [0.717, 1.165) is 45.4 Å². The van der Waals surface area contributed by atoms with E-state index in [2.05, 4.69) is 85.6 Å². The van der Waals surface area contributed by atoms with Gasteiger partial charge in [-0.1, -0.05) is 153 Å². The van der Waals surface area contributed by atoms with Crippen molar-refractivity contribution < 1.29 is 0 Å². The monoisotopic (exact) mass is 681 g/mol. The van der Waals surface area contributed by atoms with Crippen molar-refractivity contribution in [2.75, 3.05) is 0 Å². The maximum atomic E-state index is 13.4. The quantitative estimate of drug-likeness (QED) is 0.128. The molecule has 5 aromatic carbocycles. The van der Waals surface area contributed by atoms with Gasteiger partial charge in [0, 0.05) is 18.3 Å². The Kier molecular flexibility index (Phi) is 8.87. The summed E-state index contributed by atoms with van der Waals surface area (Å²) in [7, 11) is 0. The van der Waals surface area contributed by atoms with E-state index >= 15 is 0 Å². The molecule has 8 aromatic rings. The van der Waals surface area contributed by atoms with Gasteiger partial charge in [0.15, 0.2) is 11.2 Å². The maximum Gasteiger partial charge on any atom is 0.276 e. The van der Waals surface area contributed by atoms with Crippen LogP contribution in [0.5, 0.6) is 0 Å². The Morgan fingerprint density at radius 2 is 1.21 bits per heavy atom. The van der Waals surface area contributed by atoms with Gasteiger partial charge in [0.2, 0.25) is 5.82 Å². The van der Waals surface area contributed by atoms with Crippen LogP contribution in [0, 0.1) is 5.92 Å². The summed E-state index contributed by atoms with van der Waals surface area (Å²) in [5.74, 6) is 1.01. The Morgan fingerprint density at radius 3 is 1.81 bits per heavy atom. The van der Waals surface area contributed by atoms with Crippen molar-refractivity contribution in [3.05, 3.63) is 190 Å². The van der Waals surface area contributed by atoms with Crippen molar-refractivity contribution in [3.63, 3.8) is 0 Å². The lowest BCUT2D eigenvalue weighted by Gasteiger charge is -2.34. The zero-order valence-electron chi connectivity index (χ0n) is 29.2. The molecule has 0 unspecified atom stereocenters. The van der Waals surface area contributed by atoms with E-state index in [1.54, 1.807) is 11.0 Å². The second-order valence-electron chi connectivity index (χ2n) is 13.5. The summed E-state index contributed by atoms with van der Waals surface area (Å²) in [4.78, 5) is 19.7. The molecule has 0 aliphatic heterocycles. The minimum Gasteiger partial charge on any atom is -0.267 e. The summed E-state index contributed by atoms with van der Waals surface area (Å²) in [6.45, 7) is 5.53. The highest BCUT2D eigenvalue weighted by atomic mass is 16.1. The molecule has 52 heavy (non-hydrogen) atoms. The Bertz CT molecular complexity index is 2390. The van der Waals surface area contributed by atoms with Crippen molar-refractivity contribution in [3.8, 4) is 22.5 Å². The smallest absolute Gasteiger partial charge is 0.267 e. The van der Waals surface area contributed by atoms with Gasteiger partial charge >= 0.3 is 0 Å². The lowest BCUT2D eigenvalue weighted by Crippen LogP contribution is -2.39. The van der Waals surface area contributed by atoms with Gasteiger partial charge in [0.1, 0.15) is 0 Å². The number of hydrogen-bond donors (Lipinski definition) is 0. The standard InChI is InChI=1S/C44H39N7O/c1-32(2)28-30-49-43(52)40-23-14-29-45-42(40)50(49)31-33-24-26-34(27-25-33)38-21-12-13-22-39(38)41-46-48-51(47-41)44(35-15-6-3-7-16-35,36-17-8-4-9-18-36)37-19-10-5-11-20-37/h3-27,29,32H,28,30-31H2,1-2H3. The van der Waals surface area contributed by atoms with Gasteiger partial charge in [-0.15, -0.1) is 15.0 Å². The van der Waals surface area contributed by atoms with Gasteiger partial charge < -0.3 is 0 Å². The summed E-state index contributed by atoms with van der Waals surface area (Å²) in [6, 6.07) is 51.4. The number of rotatable bonds is 11. The van der Waals surface area contributed by atoms with E-state index in [9.17, 15) is 4.79 Å². The first kappa shape index (κ1) is 32.8. The molecule has 0 spiro atoms. The number of benzene rings is 5. The normalized spacial score (nSPS) is 11.8. The minimum atomic E-state index is -0.862. The molecule has 0 atom stereocenters. The summed E-state index contributed by atoms with van der Waals surface area (Å²) >= 11 is 0. The van der Waals surface area contributed by atoms with E-state index in [0.29, 0.717) is 35.9 Å². The van der Waals surface area contributed by atoms with Crippen LogP contribution in [0.1, 0.15) is 42.5 Å². The highest BCUT2D eigenvalue weighted by Gasteiger charge is 2.41. The Morgan fingerprint density at radius 1 is 0.635 bits per heavy atom. The average Bonchev–Trinajstić information content (AvgIpc) is 3.79. The Balaban J connectivity index is 1.18. The van der Waals surface area contributed by atoms with Crippen molar-refractivity contribution in [2.45, 2.75) is 38.9 Å². The maximum absolute atomic E-state index is 13.4. The first-order valence-electron chi connectivity index (χ1n) is 17.7. The van der Waals surface area contributed by atoms with Gasteiger partial charge in [-0.2, -0.15) is 0 Å². The zero-order chi connectivity index (χ0) is 35.5. The Labute approximate surface area is 302 Å². The molecular weight excluding hydrogens is 643 g/mol. The molecule has 0 saturated heterocycles. The third kappa shape index (κ3) is 5.92. The highest BCUT2D eigenvalue weighted by Crippen LogP contribution is 2.40. The van der Waals surface area contributed by atoms with Crippen LogP contribution < -0.4 is 5.56 Å². The number of tetrazole rings is 1. The molecule has 0 bridgehead atoms. The second-order valence-corrected chi connectivity index (χ2v) is 13.5. The lowest BCUT2D eigenvalue weighted by atomic mass is 9.77. The average molecular weight is 682 g/mol. The number of fused-ring (bicyclic) bond motifs is 1. The molecule has 3 heterocycles. The summed E-state index contributed by atoms with van der Waals surface area (Å²) in [6.07, 6.45) is 2.66. The van der Waals surface area contributed by atoms with Crippen molar-refractivity contribution in [1.82, 2.24) is 34.6 Å². The van der Waals surface area contributed by atoms with Gasteiger partial charge in [-0.3, -0.25) is 9.48 Å². The first-order chi connectivity index (χ1) is 25.5. The molecule has 0 aliphatic carbocycles. The number of nitrogens with zero attached hydrogens (tertiary/aromatic N) is 7. The molecule has 0 aliphatic rings. The zero-order valence-corrected chi connectivity index (χ0v) is 29.2. The molecular formula is C44H39N7O. The fourth-order valence-electron chi connectivity index (χ4n) is 7.14. The molecule has 0 radical (unpaired) electrons. The van der Waals surface area contributed by atoms with Crippen molar-refractivity contribution >= 4 is 11.0 Å². The highest BCUT2D eigenvalue weighted by molar-refractivity contribution is 5.80. The molecule has 0 fully saturated rings. The number of aromatic nitrogens is 7. The van der Waals surface area contributed by atoms with Gasteiger partial charge in [0.05, 0.1) is 11.9 Å². The van der Waals surface area contributed by atoms with E-state index in [1.165, 1.54) is 0 Å². The van der Waals surface area contributed by atoms with Crippen LogP contribution >= 0.6 is 0 Å². The van der Waals surface area contributed by atoms with Crippen LogP contribution in [0.4, 0.5) is 0 Å². The van der Waals surface area contributed by atoms with Crippen LogP contribution in [0.3, 0.4) is 0 Å². The summed E-state index contributed by atoms with van der Waals surface area (Å²) < 4.78 is 3.86. The topological polar surface area (TPSA) is 83.4 Å². The Hall–Kier alpha value is -6.41. The van der Waals surface area contributed by atoms with Gasteiger partial charge in [-0.25, -0.2) is 9.67 Å². The third-order valence-corrected chi connectivity index (χ3v) is 9.76. The largest absolute Gasteiger partial charge is 0.276 e. The molecule has 0 amide bonds. The predicted octanol–water partition coefficient (Wildman–Crippen LogP) is 8.45. The van der Waals surface area contributed by atoms with E-state index in [1.807, 2.05) is 94.3 Å². The number of pyridine rings is 1. The predicted molar refractivity (Wildman–Crippen MR) is 206 cm³/mol. The molecule has 8 nitrogen and oxygen atoms in total. The molecule has 0 saturated carbocycles. The van der Waals surface area contributed by atoms with Gasteiger partial charge in [0.25, 0.3) is 5.56 Å². The second kappa shape index (κ2) is 14.1. The van der Waals surface area contributed by atoms with Crippen LogP contribution in [-0.4, -0.2) is 34.6 Å². The van der Waals surface area contributed by atoms with Crippen LogP contribution in [0.15, 0.2) is 163 Å². The lowest BCUT2D eigenvalue weighted by molar-refractivity contribution is 0.396. The molecule has 3 aromatic heterocycles.